The van der Waals surface area contributed by atoms with Crippen molar-refractivity contribution < 1.29 is 9.13 Å². The molecule has 1 aliphatic heterocycles. The predicted octanol–water partition coefficient (Wildman–Crippen LogP) is 3.67. The molecule has 0 spiro atoms. The maximum Gasteiger partial charge on any atom is 0.273 e. The van der Waals surface area contributed by atoms with E-state index < -0.39 is 0 Å². The summed E-state index contributed by atoms with van der Waals surface area (Å²) in [6.45, 7) is 2.65. The molecule has 1 aliphatic rings. The number of benzene rings is 1. The summed E-state index contributed by atoms with van der Waals surface area (Å²) in [6.07, 6.45) is 4.26. The molecule has 0 fully saturated rings. The van der Waals surface area contributed by atoms with Crippen LogP contribution in [0, 0.1) is 5.82 Å². The maximum atomic E-state index is 13.3. The molecule has 2 nitrogen and oxygen atoms in total. The van der Waals surface area contributed by atoms with E-state index in [4.69, 9.17) is 16.3 Å². The molecule has 1 aromatic carbocycles. The molecule has 0 aromatic heterocycles. The molecule has 0 saturated carbocycles. The number of hydrogen-bond acceptors (Lipinski definition) is 2. The average molecular weight is 255 g/mol. The SMILES string of the molecule is CCC(CC1CO[C]=N1)c1cc(F)cc(Cl)c1. The van der Waals surface area contributed by atoms with Crippen LogP contribution in [0.5, 0.6) is 0 Å². The molecule has 2 unspecified atom stereocenters. The highest BCUT2D eigenvalue weighted by atomic mass is 35.5. The van der Waals surface area contributed by atoms with Crippen LogP contribution < -0.4 is 0 Å². The second-order valence-electron chi connectivity index (χ2n) is 4.23. The van der Waals surface area contributed by atoms with E-state index >= 15 is 0 Å². The normalized spacial score (nSPS) is 20.3. The van der Waals surface area contributed by atoms with Gasteiger partial charge in [-0.2, -0.15) is 0 Å². The molecule has 2 atom stereocenters. The van der Waals surface area contributed by atoms with E-state index in [0.717, 1.165) is 18.4 Å². The Bertz CT molecular complexity index is 402. The van der Waals surface area contributed by atoms with Crippen molar-refractivity contribution in [2.75, 3.05) is 6.61 Å². The maximum absolute atomic E-state index is 13.3. The Morgan fingerprint density at radius 2 is 2.41 bits per heavy atom. The van der Waals surface area contributed by atoms with Crippen molar-refractivity contribution in [1.82, 2.24) is 0 Å². The lowest BCUT2D eigenvalue weighted by Crippen LogP contribution is -2.12. The minimum Gasteiger partial charge on any atom is -0.472 e. The van der Waals surface area contributed by atoms with Gasteiger partial charge in [0.15, 0.2) is 0 Å². The number of halogens is 2. The molecule has 0 saturated heterocycles. The Morgan fingerprint density at radius 1 is 1.59 bits per heavy atom. The first-order valence-electron chi connectivity index (χ1n) is 5.71. The first-order valence-corrected chi connectivity index (χ1v) is 6.09. The van der Waals surface area contributed by atoms with Gasteiger partial charge in [0.05, 0.1) is 6.04 Å². The summed E-state index contributed by atoms with van der Waals surface area (Å²) in [5.74, 6) is -0.0378. The van der Waals surface area contributed by atoms with Crippen LogP contribution in [-0.4, -0.2) is 19.0 Å². The summed E-state index contributed by atoms with van der Waals surface area (Å²) in [4.78, 5) is 4.09. The Balaban J connectivity index is 2.13. The fourth-order valence-electron chi connectivity index (χ4n) is 2.08. The second kappa shape index (κ2) is 5.50. The summed E-state index contributed by atoms with van der Waals surface area (Å²) in [5, 5.41) is 0.441. The fraction of sp³-hybridized carbons (Fsp3) is 0.462. The molecule has 0 N–H and O–H groups in total. The number of nitrogens with zero attached hydrogens (tertiary/aromatic N) is 1. The number of rotatable bonds is 4. The van der Waals surface area contributed by atoms with Crippen LogP contribution in [0.1, 0.15) is 31.2 Å². The Labute approximate surface area is 105 Å². The highest BCUT2D eigenvalue weighted by Gasteiger charge is 2.20. The van der Waals surface area contributed by atoms with Gasteiger partial charge in [-0.15, -0.1) is 0 Å². The van der Waals surface area contributed by atoms with Crippen molar-refractivity contribution in [2.45, 2.75) is 31.7 Å². The van der Waals surface area contributed by atoms with E-state index in [9.17, 15) is 4.39 Å². The largest absolute Gasteiger partial charge is 0.472 e. The number of hydrogen-bond donors (Lipinski definition) is 0. The summed E-state index contributed by atoms with van der Waals surface area (Å²) in [5.41, 5.74) is 0.930. The van der Waals surface area contributed by atoms with Crippen molar-refractivity contribution in [3.05, 3.63) is 34.6 Å². The zero-order valence-corrected chi connectivity index (χ0v) is 10.4. The van der Waals surface area contributed by atoms with Gasteiger partial charge in [-0.3, -0.25) is 0 Å². The van der Waals surface area contributed by atoms with E-state index in [1.807, 2.05) is 6.07 Å². The van der Waals surface area contributed by atoms with E-state index in [2.05, 4.69) is 18.3 Å². The van der Waals surface area contributed by atoms with Crippen LogP contribution in [0.25, 0.3) is 0 Å². The molecule has 4 heteroatoms. The summed E-state index contributed by atoms with van der Waals surface area (Å²) in [6, 6.07) is 4.82. The van der Waals surface area contributed by atoms with Gasteiger partial charge in [-0.25, -0.2) is 9.38 Å². The molecule has 1 heterocycles. The molecule has 1 radical (unpaired) electrons. The second-order valence-corrected chi connectivity index (χ2v) is 4.67. The van der Waals surface area contributed by atoms with Crippen molar-refractivity contribution in [2.24, 2.45) is 4.99 Å². The zero-order chi connectivity index (χ0) is 12.3. The molecular formula is C13H14ClFNO. The Hall–Kier alpha value is -1.09. The summed E-state index contributed by atoms with van der Waals surface area (Å²) < 4.78 is 18.3. The van der Waals surface area contributed by atoms with Crippen LogP contribution >= 0.6 is 11.6 Å². The topological polar surface area (TPSA) is 21.6 Å². The van der Waals surface area contributed by atoms with Crippen LogP contribution in [0.2, 0.25) is 5.02 Å². The number of aliphatic imine (C=N–C) groups is 1. The lowest BCUT2D eigenvalue weighted by molar-refractivity contribution is 0.313. The fourth-order valence-corrected chi connectivity index (χ4v) is 2.31. The summed E-state index contributed by atoms with van der Waals surface area (Å²) >= 11 is 5.87. The Morgan fingerprint density at radius 3 is 3.00 bits per heavy atom. The first-order chi connectivity index (χ1) is 8.19. The van der Waals surface area contributed by atoms with Gasteiger partial charge in [0.25, 0.3) is 6.40 Å². The summed E-state index contributed by atoms with van der Waals surface area (Å²) in [7, 11) is 0. The van der Waals surface area contributed by atoms with Gasteiger partial charge in [-0.1, -0.05) is 18.5 Å². The van der Waals surface area contributed by atoms with E-state index in [-0.39, 0.29) is 17.8 Å². The van der Waals surface area contributed by atoms with Crippen LogP contribution in [-0.2, 0) is 4.74 Å². The van der Waals surface area contributed by atoms with Crippen molar-refractivity contribution >= 4 is 18.0 Å². The molecule has 2 rings (SSSR count). The third-order valence-corrected chi connectivity index (χ3v) is 3.20. The molecule has 91 valence electrons. The van der Waals surface area contributed by atoms with Gasteiger partial charge in [0, 0.05) is 5.02 Å². The van der Waals surface area contributed by atoms with Gasteiger partial charge >= 0.3 is 0 Å². The zero-order valence-electron chi connectivity index (χ0n) is 9.62. The third-order valence-electron chi connectivity index (χ3n) is 2.98. The van der Waals surface area contributed by atoms with Crippen LogP contribution in [0.3, 0.4) is 0 Å². The third kappa shape index (κ3) is 3.19. The highest BCUT2D eigenvalue weighted by molar-refractivity contribution is 6.30. The van der Waals surface area contributed by atoms with Crippen molar-refractivity contribution in [1.29, 1.82) is 0 Å². The van der Waals surface area contributed by atoms with Crippen molar-refractivity contribution in [3.63, 3.8) is 0 Å². The smallest absolute Gasteiger partial charge is 0.273 e. The monoisotopic (exact) mass is 254 g/mol. The van der Waals surface area contributed by atoms with Crippen molar-refractivity contribution in [3.8, 4) is 0 Å². The molecular weight excluding hydrogens is 241 g/mol. The number of ether oxygens (including phenoxy) is 1. The average Bonchev–Trinajstić information content (AvgIpc) is 2.77. The van der Waals surface area contributed by atoms with Crippen LogP contribution in [0.15, 0.2) is 23.2 Å². The molecule has 17 heavy (non-hydrogen) atoms. The minimum atomic E-state index is -0.288. The lowest BCUT2D eigenvalue weighted by atomic mass is 9.90. The standard InChI is InChI=1S/C13H14ClFNO/c1-2-9(5-13-7-17-8-16-13)10-3-11(14)6-12(15)4-10/h3-4,6,9,13H,2,5,7H2,1H3. The van der Waals surface area contributed by atoms with Crippen LogP contribution in [0.4, 0.5) is 4.39 Å². The van der Waals surface area contributed by atoms with Gasteiger partial charge < -0.3 is 4.74 Å². The van der Waals surface area contributed by atoms with Gasteiger partial charge in [-0.05, 0) is 42.5 Å². The van der Waals surface area contributed by atoms with Gasteiger partial charge in [0.1, 0.15) is 12.4 Å². The predicted molar refractivity (Wildman–Crippen MR) is 66.2 cm³/mol. The molecule has 0 amide bonds. The van der Waals surface area contributed by atoms with Gasteiger partial charge in [0.2, 0.25) is 0 Å². The minimum absolute atomic E-state index is 0.127. The molecule has 0 aliphatic carbocycles. The molecule has 0 bridgehead atoms. The first kappa shape index (κ1) is 12.4. The highest BCUT2D eigenvalue weighted by Crippen LogP contribution is 2.29. The lowest BCUT2D eigenvalue weighted by Gasteiger charge is -2.17. The molecule has 1 aromatic rings. The van der Waals surface area contributed by atoms with E-state index in [0.29, 0.717) is 11.6 Å². The van der Waals surface area contributed by atoms with E-state index in [1.54, 1.807) is 6.07 Å². The Kier molecular flexibility index (Phi) is 4.00. The quantitative estimate of drug-likeness (QED) is 0.803. The van der Waals surface area contributed by atoms with E-state index in [1.165, 1.54) is 6.07 Å².